The molecule has 1 N–H and O–H groups in total. The number of rotatable bonds is 3. The Balaban J connectivity index is 2.69. The van der Waals surface area contributed by atoms with Gasteiger partial charge in [-0.05, 0) is 42.9 Å². The fraction of sp³-hybridized carbons (Fsp3) is 0.625. The standard InChI is InChI=1S/C16H23ClO2/c1-16(2,10-18)14-12-8-6-4-5-7-11(12)9-13(17)15(14)19-3/h9,18H,4-8,10H2,1-3H3. The third kappa shape index (κ3) is 2.75. The second-order valence-corrected chi connectivity index (χ2v) is 6.41. The minimum absolute atomic E-state index is 0.0934. The molecule has 1 aliphatic rings. The van der Waals surface area contributed by atoms with Crippen molar-refractivity contribution < 1.29 is 9.84 Å². The van der Waals surface area contributed by atoms with Crippen LogP contribution < -0.4 is 4.74 Å². The van der Waals surface area contributed by atoms with Crippen LogP contribution in [-0.4, -0.2) is 18.8 Å². The van der Waals surface area contributed by atoms with E-state index in [4.69, 9.17) is 16.3 Å². The van der Waals surface area contributed by atoms with Crippen LogP contribution in [0.3, 0.4) is 0 Å². The molecule has 0 amide bonds. The molecule has 0 radical (unpaired) electrons. The highest BCUT2D eigenvalue weighted by atomic mass is 35.5. The summed E-state index contributed by atoms with van der Waals surface area (Å²) in [5, 5.41) is 10.4. The summed E-state index contributed by atoms with van der Waals surface area (Å²) in [6.45, 7) is 4.19. The zero-order chi connectivity index (χ0) is 14.0. The van der Waals surface area contributed by atoms with Gasteiger partial charge in [0.1, 0.15) is 5.75 Å². The average Bonchev–Trinajstić information content (AvgIpc) is 2.61. The maximum absolute atomic E-state index is 9.73. The number of aliphatic hydroxyl groups excluding tert-OH is 1. The number of aliphatic hydroxyl groups is 1. The van der Waals surface area contributed by atoms with Crippen LogP contribution in [0.4, 0.5) is 0 Å². The van der Waals surface area contributed by atoms with Crippen LogP contribution in [0.15, 0.2) is 6.07 Å². The molecule has 2 rings (SSSR count). The summed E-state index contributed by atoms with van der Waals surface area (Å²) < 4.78 is 5.53. The van der Waals surface area contributed by atoms with Crippen LogP contribution in [0.1, 0.15) is 49.8 Å². The Labute approximate surface area is 120 Å². The maximum Gasteiger partial charge on any atom is 0.141 e. The average molecular weight is 283 g/mol. The number of fused-ring (bicyclic) bond motifs is 1. The minimum Gasteiger partial charge on any atom is -0.495 e. The number of ether oxygens (including phenoxy) is 1. The van der Waals surface area contributed by atoms with E-state index in [1.807, 2.05) is 13.8 Å². The van der Waals surface area contributed by atoms with Gasteiger partial charge >= 0.3 is 0 Å². The van der Waals surface area contributed by atoms with E-state index < -0.39 is 0 Å². The van der Waals surface area contributed by atoms with Gasteiger partial charge in [0, 0.05) is 11.0 Å². The lowest BCUT2D eigenvalue weighted by Crippen LogP contribution is -2.25. The molecule has 3 heteroatoms. The fourth-order valence-electron chi connectivity index (χ4n) is 3.02. The number of hydrogen-bond donors (Lipinski definition) is 1. The number of hydrogen-bond acceptors (Lipinski definition) is 2. The summed E-state index contributed by atoms with van der Waals surface area (Å²) in [5.74, 6) is 0.737. The highest BCUT2D eigenvalue weighted by Gasteiger charge is 2.30. The van der Waals surface area contributed by atoms with Crippen molar-refractivity contribution in [2.75, 3.05) is 13.7 Å². The van der Waals surface area contributed by atoms with Gasteiger partial charge in [-0.2, -0.15) is 0 Å². The summed E-state index contributed by atoms with van der Waals surface area (Å²) in [6.07, 6.45) is 5.81. The third-order valence-corrected chi connectivity index (χ3v) is 4.36. The van der Waals surface area contributed by atoms with Crippen LogP contribution in [0.25, 0.3) is 0 Å². The van der Waals surface area contributed by atoms with Gasteiger partial charge in [-0.25, -0.2) is 0 Å². The summed E-state index contributed by atoms with van der Waals surface area (Å²) in [7, 11) is 1.65. The first-order valence-electron chi connectivity index (χ1n) is 7.01. The van der Waals surface area contributed by atoms with Gasteiger partial charge in [0.2, 0.25) is 0 Å². The van der Waals surface area contributed by atoms with Gasteiger partial charge in [-0.1, -0.05) is 31.9 Å². The fourth-order valence-corrected chi connectivity index (χ4v) is 3.32. The van der Waals surface area contributed by atoms with Gasteiger partial charge < -0.3 is 9.84 Å². The number of benzene rings is 1. The molecule has 0 fully saturated rings. The van der Waals surface area contributed by atoms with E-state index >= 15 is 0 Å². The Morgan fingerprint density at radius 1 is 1.26 bits per heavy atom. The number of halogens is 1. The Hall–Kier alpha value is -0.730. The molecule has 0 spiro atoms. The predicted molar refractivity (Wildman–Crippen MR) is 79.4 cm³/mol. The summed E-state index contributed by atoms with van der Waals surface area (Å²) in [6, 6.07) is 2.05. The highest BCUT2D eigenvalue weighted by molar-refractivity contribution is 6.32. The summed E-state index contributed by atoms with van der Waals surface area (Å²) >= 11 is 6.38. The van der Waals surface area contributed by atoms with E-state index in [0.29, 0.717) is 5.02 Å². The van der Waals surface area contributed by atoms with Gasteiger partial charge in [0.05, 0.1) is 18.7 Å². The topological polar surface area (TPSA) is 29.5 Å². The molecular formula is C16H23ClO2. The van der Waals surface area contributed by atoms with Crippen molar-refractivity contribution in [2.24, 2.45) is 0 Å². The minimum atomic E-state index is -0.329. The van der Waals surface area contributed by atoms with Gasteiger partial charge in [0.15, 0.2) is 0 Å². The third-order valence-electron chi connectivity index (χ3n) is 4.08. The summed E-state index contributed by atoms with van der Waals surface area (Å²) in [4.78, 5) is 0. The second-order valence-electron chi connectivity index (χ2n) is 6.01. The van der Waals surface area contributed by atoms with Crippen molar-refractivity contribution in [1.82, 2.24) is 0 Å². The van der Waals surface area contributed by atoms with E-state index in [2.05, 4.69) is 6.07 Å². The molecule has 0 saturated heterocycles. The first-order chi connectivity index (χ1) is 9.01. The molecule has 1 aliphatic carbocycles. The molecule has 19 heavy (non-hydrogen) atoms. The van der Waals surface area contributed by atoms with Crippen LogP contribution >= 0.6 is 11.6 Å². The SMILES string of the molecule is COc1c(Cl)cc2c(c1C(C)(C)CO)CCCCC2. The Bertz CT molecular complexity index is 466. The lowest BCUT2D eigenvalue weighted by atomic mass is 9.79. The largest absolute Gasteiger partial charge is 0.495 e. The quantitative estimate of drug-likeness (QED) is 0.853. The van der Waals surface area contributed by atoms with Crippen molar-refractivity contribution >= 4 is 11.6 Å². The van der Waals surface area contributed by atoms with Crippen molar-refractivity contribution in [1.29, 1.82) is 0 Å². The van der Waals surface area contributed by atoms with E-state index in [1.165, 1.54) is 30.4 Å². The van der Waals surface area contributed by atoms with Crippen LogP contribution in [0, 0.1) is 0 Å². The van der Waals surface area contributed by atoms with Gasteiger partial charge in [-0.3, -0.25) is 0 Å². The van der Waals surface area contributed by atoms with Crippen molar-refractivity contribution in [3.8, 4) is 5.75 Å². The highest BCUT2D eigenvalue weighted by Crippen LogP contribution is 2.42. The van der Waals surface area contributed by atoms with E-state index in [0.717, 1.165) is 24.2 Å². The smallest absolute Gasteiger partial charge is 0.141 e. The Kier molecular flexibility index (Phi) is 4.42. The zero-order valence-electron chi connectivity index (χ0n) is 12.1. The molecule has 0 heterocycles. The molecule has 0 aromatic heterocycles. The lowest BCUT2D eigenvalue weighted by Gasteiger charge is -2.29. The first-order valence-corrected chi connectivity index (χ1v) is 7.38. The molecule has 0 saturated carbocycles. The lowest BCUT2D eigenvalue weighted by molar-refractivity contribution is 0.214. The van der Waals surface area contributed by atoms with Gasteiger partial charge in [-0.15, -0.1) is 0 Å². The molecule has 1 aromatic rings. The molecule has 106 valence electrons. The molecule has 0 aliphatic heterocycles. The molecule has 0 bridgehead atoms. The second kappa shape index (κ2) is 5.72. The summed E-state index contributed by atoms with van der Waals surface area (Å²) in [5.41, 5.74) is 3.45. The zero-order valence-corrected chi connectivity index (χ0v) is 12.8. The molecular weight excluding hydrogens is 260 g/mol. The maximum atomic E-state index is 9.73. The van der Waals surface area contributed by atoms with E-state index in [1.54, 1.807) is 7.11 Å². The molecule has 0 unspecified atom stereocenters. The normalized spacial score (nSPS) is 15.8. The van der Waals surface area contributed by atoms with E-state index in [9.17, 15) is 5.11 Å². The van der Waals surface area contributed by atoms with E-state index in [-0.39, 0.29) is 12.0 Å². The van der Waals surface area contributed by atoms with Crippen molar-refractivity contribution in [3.05, 3.63) is 27.8 Å². The van der Waals surface area contributed by atoms with Crippen LogP contribution in [0.5, 0.6) is 5.75 Å². The first kappa shape index (κ1) is 14.7. The molecule has 1 aromatic carbocycles. The Morgan fingerprint density at radius 3 is 2.58 bits per heavy atom. The number of methoxy groups -OCH3 is 1. The van der Waals surface area contributed by atoms with Crippen molar-refractivity contribution in [3.63, 3.8) is 0 Å². The van der Waals surface area contributed by atoms with Crippen molar-refractivity contribution in [2.45, 2.75) is 51.4 Å². The molecule has 0 atom stereocenters. The Morgan fingerprint density at radius 2 is 1.95 bits per heavy atom. The number of aryl methyl sites for hydroxylation is 1. The monoisotopic (exact) mass is 282 g/mol. The van der Waals surface area contributed by atoms with Gasteiger partial charge in [0.25, 0.3) is 0 Å². The molecule has 2 nitrogen and oxygen atoms in total. The van der Waals surface area contributed by atoms with Crippen LogP contribution in [-0.2, 0) is 18.3 Å². The predicted octanol–water partition coefficient (Wildman–Crippen LogP) is 3.89. The van der Waals surface area contributed by atoms with Crippen LogP contribution in [0.2, 0.25) is 5.02 Å².